The van der Waals surface area contributed by atoms with Crippen LogP contribution in [0.5, 0.6) is 0 Å². The first kappa shape index (κ1) is 11.6. The molecule has 3 heteroatoms. The van der Waals surface area contributed by atoms with Crippen molar-refractivity contribution in [3.8, 4) is 0 Å². The second kappa shape index (κ2) is 5.39. The van der Waals surface area contributed by atoms with Crippen molar-refractivity contribution in [3.05, 3.63) is 35.4 Å². The fourth-order valence-corrected chi connectivity index (χ4v) is 1.66. The van der Waals surface area contributed by atoms with E-state index in [-0.39, 0.29) is 0 Å². The molecule has 1 amide bonds. The Balaban J connectivity index is 0.000000531. The summed E-state index contributed by atoms with van der Waals surface area (Å²) in [6.07, 6.45) is 0.0113. The van der Waals surface area contributed by atoms with Gasteiger partial charge in [-0.25, -0.2) is 4.79 Å². The minimum Gasteiger partial charge on any atom is -0.465 e. The number of hydrogen-bond donors (Lipinski definition) is 1. The van der Waals surface area contributed by atoms with Gasteiger partial charge in [-0.15, -0.1) is 0 Å². The summed E-state index contributed by atoms with van der Waals surface area (Å²) in [5.74, 6) is 0. The topological polar surface area (TPSA) is 40.5 Å². The largest absolute Gasteiger partial charge is 0.465 e. The fourth-order valence-electron chi connectivity index (χ4n) is 1.66. The average Bonchev–Trinajstić information content (AvgIpc) is 2.31. The molecule has 0 unspecified atom stereocenters. The van der Waals surface area contributed by atoms with E-state index in [1.807, 2.05) is 32.0 Å². The van der Waals surface area contributed by atoms with E-state index in [1.54, 1.807) is 0 Å². The Labute approximate surface area is 90.3 Å². The Bertz CT molecular complexity index is 336. The van der Waals surface area contributed by atoms with Crippen LogP contribution in [0, 0.1) is 0 Å². The zero-order valence-electron chi connectivity index (χ0n) is 9.23. The molecular weight excluding hydrogens is 190 g/mol. The van der Waals surface area contributed by atoms with Crippen molar-refractivity contribution in [3.63, 3.8) is 0 Å². The molecule has 0 aromatic heterocycles. The van der Waals surface area contributed by atoms with E-state index in [0.717, 1.165) is 12.0 Å². The molecule has 3 nitrogen and oxygen atoms in total. The first-order valence-corrected chi connectivity index (χ1v) is 5.32. The maximum absolute atomic E-state index is 10.7. The van der Waals surface area contributed by atoms with Gasteiger partial charge >= 0.3 is 6.09 Å². The molecule has 1 aliphatic heterocycles. The third kappa shape index (κ3) is 2.72. The molecule has 1 aliphatic rings. The Kier molecular flexibility index (Phi) is 4.16. The zero-order chi connectivity index (χ0) is 11.3. The molecule has 0 atom stereocenters. The van der Waals surface area contributed by atoms with Crippen LogP contribution < -0.4 is 0 Å². The number of carbonyl (C=O) groups is 1. The van der Waals surface area contributed by atoms with Gasteiger partial charge < -0.3 is 10.0 Å². The molecular formula is C12H17NO2. The standard InChI is InChI=1S/C10H11NO2.C2H6/c12-10(13)11-6-5-8-3-1-2-4-9(8)7-11;1-2/h1-4H,5-7H2,(H,12,13);1-2H3. The van der Waals surface area contributed by atoms with Crippen LogP contribution in [0.3, 0.4) is 0 Å². The van der Waals surface area contributed by atoms with Crippen molar-refractivity contribution >= 4 is 6.09 Å². The predicted molar refractivity (Wildman–Crippen MR) is 59.9 cm³/mol. The van der Waals surface area contributed by atoms with Crippen LogP contribution in [0.1, 0.15) is 25.0 Å². The number of carboxylic acid groups (broad SMARTS) is 1. The van der Waals surface area contributed by atoms with Crippen LogP contribution in [0.4, 0.5) is 4.79 Å². The minimum atomic E-state index is -0.825. The van der Waals surface area contributed by atoms with Crippen molar-refractivity contribution in [1.82, 2.24) is 4.90 Å². The fraction of sp³-hybridized carbons (Fsp3) is 0.417. The monoisotopic (exact) mass is 207 g/mol. The van der Waals surface area contributed by atoms with Gasteiger partial charge in [-0.2, -0.15) is 0 Å². The lowest BCUT2D eigenvalue weighted by molar-refractivity contribution is 0.140. The summed E-state index contributed by atoms with van der Waals surface area (Å²) in [6, 6.07) is 8.00. The van der Waals surface area contributed by atoms with Crippen LogP contribution in [-0.2, 0) is 13.0 Å². The van der Waals surface area contributed by atoms with Crippen molar-refractivity contribution in [2.75, 3.05) is 6.54 Å². The number of benzene rings is 1. The first-order chi connectivity index (χ1) is 7.27. The maximum Gasteiger partial charge on any atom is 0.407 e. The minimum absolute atomic E-state index is 0.533. The van der Waals surface area contributed by atoms with Gasteiger partial charge in [-0.05, 0) is 17.5 Å². The molecule has 0 bridgehead atoms. The van der Waals surface area contributed by atoms with Gasteiger partial charge in [0.05, 0.1) is 0 Å². The van der Waals surface area contributed by atoms with E-state index in [2.05, 4.69) is 6.07 Å². The van der Waals surface area contributed by atoms with Crippen LogP contribution in [0.2, 0.25) is 0 Å². The third-order valence-electron chi connectivity index (χ3n) is 2.40. The highest BCUT2D eigenvalue weighted by atomic mass is 16.4. The molecule has 1 aromatic rings. The van der Waals surface area contributed by atoms with Crippen LogP contribution in [0.25, 0.3) is 0 Å². The molecule has 0 fully saturated rings. The summed E-state index contributed by atoms with van der Waals surface area (Å²) in [4.78, 5) is 12.1. The normalized spacial score (nSPS) is 13.6. The van der Waals surface area contributed by atoms with Gasteiger partial charge in [-0.3, -0.25) is 0 Å². The lowest BCUT2D eigenvalue weighted by Gasteiger charge is -2.26. The Morgan fingerprint density at radius 2 is 1.87 bits per heavy atom. The van der Waals surface area contributed by atoms with E-state index >= 15 is 0 Å². The lowest BCUT2D eigenvalue weighted by atomic mass is 10.0. The molecule has 15 heavy (non-hydrogen) atoms. The highest BCUT2D eigenvalue weighted by molar-refractivity contribution is 5.65. The van der Waals surface area contributed by atoms with Crippen molar-refractivity contribution < 1.29 is 9.90 Å². The number of fused-ring (bicyclic) bond motifs is 1. The number of rotatable bonds is 0. The molecule has 1 heterocycles. The summed E-state index contributed by atoms with van der Waals surface area (Å²) in [5, 5.41) is 8.79. The summed E-state index contributed by atoms with van der Waals surface area (Å²) < 4.78 is 0. The third-order valence-corrected chi connectivity index (χ3v) is 2.40. The molecule has 82 valence electrons. The van der Waals surface area contributed by atoms with Gasteiger partial charge in [0.1, 0.15) is 0 Å². The SMILES string of the molecule is CC.O=C(O)N1CCc2ccccc2C1. The summed E-state index contributed by atoms with van der Waals surface area (Å²) >= 11 is 0. The summed E-state index contributed by atoms with van der Waals surface area (Å²) in [7, 11) is 0. The van der Waals surface area contributed by atoms with Crippen molar-refractivity contribution in [1.29, 1.82) is 0 Å². The van der Waals surface area contributed by atoms with Crippen LogP contribution in [-0.4, -0.2) is 22.6 Å². The predicted octanol–water partition coefficient (Wildman–Crippen LogP) is 2.75. The molecule has 0 saturated heterocycles. The molecule has 1 N–H and O–H groups in total. The highest BCUT2D eigenvalue weighted by Crippen LogP contribution is 2.17. The number of amides is 1. The van der Waals surface area contributed by atoms with Crippen LogP contribution in [0.15, 0.2) is 24.3 Å². The van der Waals surface area contributed by atoms with Gasteiger partial charge in [0.25, 0.3) is 0 Å². The van der Waals surface area contributed by atoms with Crippen molar-refractivity contribution in [2.24, 2.45) is 0 Å². The molecule has 0 spiro atoms. The molecule has 0 saturated carbocycles. The number of hydrogen-bond acceptors (Lipinski definition) is 1. The van der Waals surface area contributed by atoms with E-state index in [1.165, 1.54) is 10.5 Å². The number of nitrogens with zero attached hydrogens (tertiary/aromatic N) is 1. The van der Waals surface area contributed by atoms with Crippen LogP contribution >= 0.6 is 0 Å². The molecule has 1 aromatic carbocycles. The average molecular weight is 207 g/mol. The second-order valence-electron chi connectivity index (χ2n) is 3.22. The lowest BCUT2D eigenvalue weighted by Crippen LogP contribution is -2.34. The van der Waals surface area contributed by atoms with E-state index in [9.17, 15) is 4.79 Å². The summed E-state index contributed by atoms with van der Waals surface area (Å²) in [6.45, 7) is 5.15. The van der Waals surface area contributed by atoms with Crippen molar-refractivity contribution in [2.45, 2.75) is 26.8 Å². The highest BCUT2D eigenvalue weighted by Gasteiger charge is 2.18. The first-order valence-electron chi connectivity index (χ1n) is 5.32. The summed E-state index contributed by atoms with van der Waals surface area (Å²) in [5.41, 5.74) is 2.41. The van der Waals surface area contributed by atoms with E-state index < -0.39 is 6.09 Å². The van der Waals surface area contributed by atoms with E-state index in [4.69, 9.17) is 5.11 Å². The smallest absolute Gasteiger partial charge is 0.407 e. The van der Waals surface area contributed by atoms with Gasteiger partial charge in [0.2, 0.25) is 0 Å². The van der Waals surface area contributed by atoms with Gasteiger partial charge in [0, 0.05) is 13.1 Å². The quantitative estimate of drug-likeness (QED) is 0.710. The van der Waals surface area contributed by atoms with Gasteiger partial charge in [0.15, 0.2) is 0 Å². The maximum atomic E-state index is 10.7. The Morgan fingerprint density at radius 1 is 1.27 bits per heavy atom. The molecule has 2 rings (SSSR count). The molecule has 0 aliphatic carbocycles. The molecule has 0 radical (unpaired) electrons. The second-order valence-corrected chi connectivity index (χ2v) is 3.22. The zero-order valence-corrected chi connectivity index (χ0v) is 9.23. The Morgan fingerprint density at radius 3 is 2.47 bits per heavy atom. The van der Waals surface area contributed by atoms with E-state index in [0.29, 0.717) is 13.1 Å². The Hall–Kier alpha value is -1.51. The van der Waals surface area contributed by atoms with Gasteiger partial charge in [-0.1, -0.05) is 38.1 Å².